The van der Waals surface area contributed by atoms with Gasteiger partial charge in [-0.25, -0.2) is 4.39 Å². The predicted octanol–water partition coefficient (Wildman–Crippen LogP) is 5.45. The van der Waals surface area contributed by atoms with Crippen LogP contribution in [0.15, 0.2) is 83.3 Å². The van der Waals surface area contributed by atoms with E-state index >= 15 is 0 Å². The molecule has 0 aromatic heterocycles. The van der Waals surface area contributed by atoms with Crippen molar-refractivity contribution in [3.05, 3.63) is 100 Å². The standard InChI is InChI=1S/C32H30BrFN4O4.ClH/c1-32(36-2,31(35)41)24-18-38(29(39)22-8-4-5-9-25(22)34)27-11-7-6-10-26(27)37(30(24)40)17-23-21-14-13-20(33)16-19(21)12-15-28(23)42-3;/h4-16,24,36H,17-18H2,1-3H3,(H2,35,41);1H/t24-,32?;/m1./s1. The third kappa shape index (κ3) is 5.70. The Morgan fingerprint density at radius 2 is 1.74 bits per heavy atom. The van der Waals surface area contributed by atoms with E-state index in [-0.39, 0.29) is 31.1 Å². The van der Waals surface area contributed by atoms with E-state index < -0.39 is 35.0 Å². The van der Waals surface area contributed by atoms with Crippen molar-refractivity contribution in [1.29, 1.82) is 0 Å². The zero-order chi connectivity index (χ0) is 30.2. The highest BCUT2D eigenvalue weighted by Gasteiger charge is 2.49. The van der Waals surface area contributed by atoms with Crippen LogP contribution < -0.4 is 25.6 Å². The van der Waals surface area contributed by atoms with Crippen molar-refractivity contribution in [2.75, 3.05) is 30.5 Å². The average Bonchev–Trinajstić information content (AvgIpc) is 3.11. The second-order valence-corrected chi connectivity index (χ2v) is 11.2. The summed E-state index contributed by atoms with van der Waals surface area (Å²) in [7, 11) is 3.10. The van der Waals surface area contributed by atoms with Crippen LogP contribution in [0.3, 0.4) is 0 Å². The molecule has 1 heterocycles. The number of nitrogens with two attached hydrogens (primary N) is 1. The molecular weight excluding hydrogens is 639 g/mol. The summed E-state index contributed by atoms with van der Waals surface area (Å²) in [6.45, 7) is 1.38. The molecule has 43 heavy (non-hydrogen) atoms. The molecule has 1 aliphatic rings. The van der Waals surface area contributed by atoms with Gasteiger partial charge < -0.3 is 25.6 Å². The summed E-state index contributed by atoms with van der Waals surface area (Å²) in [5.74, 6) is -3.09. The van der Waals surface area contributed by atoms with Crippen molar-refractivity contribution < 1.29 is 23.5 Å². The van der Waals surface area contributed by atoms with E-state index in [1.165, 1.54) is 37.1 Å². The number of hydrogen-bond donors (Lipinski definition) is 2. The summed E-state index contributed by atoms with van der Waals surface area (Å²) in [5, 5.41) is 4.72. The van der Waals surface area contributed by atoms with E-state index in [0.29, 0.717) is 17.1 Å². The van der Waals surface area contributed by atoms with E-state index in [9.17, 15) is 18.8 Å². The summed E-state index contributed by atoms with van der Waals surface area (Å²) in [5.41, 5.74) is 5.72. The van der Waals surface area contributed by atoms with Crippen LogP contribution in [0, 0.1) is 11.7 Å². The van der Waals surface area contributed by atoms with Crippen LogP contribution in [0.2, 0.25) is 0 Å². The smallest absolute Gasteiger partial charge is 0.261 e. The van der Waals surface area contributed by atoms with E-state index in [0.717, 1.165) is 20.8 Å². The molecule has 1 aliphatic heterocycles. The molecule has 0 radical (unpaired) electrons. The van der Waals surface area contributed by atoms with Gasteiger partial charge in [0, 0.05) is 16.6 Å². The first-order chi connectivity index (χ1) is 20.1. The van der Waals surface area contributed by atoms with Gasteiger partial charge in [0.25, 0.3) is 5.91 Å². The molecule has 4 aromatic carbocycles. The first-order valence-electron chi connectivity index (χ1n) is 13.3. The van der Waals surface area contributed by atoms with Gasteiger partial charge >= 0.3 is 0 Å². The minimum Gasteiger partial charge on any atom is -0.496 e. The van der Waals surface area contributed by atoms with Crippen LogP contribution in [0.1, 0.15) is 22.8 Å². The maximum absolute atomic E-state index is 14.9. The average molecular weight is 670 g/mol. The molecule has 1 unspecified atom stereocenters. The van der Waals surface area contributed by atoms with Crippen molar-refractivity contribution in [3.63, 3.8) is 0 Å². The summed E-state index contributed by atoms with van der Waals surface area (Å²) < 4.78 is 21.5. The Balaban J connectivity index is 0.00000423. The molecule has 0 saturated heterocycles. The Bertz CT molecular complexity index is 1720. The number of nitrogens with zero attached hydrogens (tertiary/aromatic N) is 2. The number of para-hydroxylation sites is 2. The van der Waals surface area contributed by atoms with Gasteiger partial charge in [0.2, 0.25) is 11.8 Å². The molecule has 0 saturated carbocycles. The lowest BCUT2D eigenvalue weighted by Gasteiger charge is -2.36. The molecule has 8 nitrogen and oxygen atoms in total. The number of nitrogens with one attached hydrogen (secondary N) is 1. The molecule has 0 spiro atoms. The minimum atomic E-state index is -1.54. The molecule has 3 N–H and O–H groups in total. The maximum Gasteiger partial charge on any atom is 0.261 e. The third-order valence-electron chi connectivity index (χ3n) is 8.06. The van der Waals surface area contributed by atoms with Gasteiger partial charge in [-0.2, -0.15) is 0 Å². The quantitative estimate of drug-likeness (QED) is 0.273. The number of carbonyl (C=O) groups is 3. The molecule has 0 bridgehead atoms. The monoisotopic (exact) mass is 668 g/mol. The number of rotatable bonds is 7. The number of fused-ring (bicyclic) bond motifs is 2. The maximum atomic E-state index is 14.9. The summed E-state index contributed by atoms with van der Waals surface area (Å²) in [6, 6.07) is 22.2. The lowest BCUT2D eigenvalue weighted by molar-refractivity contribution is -0.133. The highest BCUT2D eigenvalue weighted by atomic mass is 79.9. The number of carbonyl (C=O) groups excluding carboxylic acids is 3. The summed E-state index contributed by atoms with van der Waals surface area (Å²) in [6.07, 6.45) is 0. The van der Waals surface area contributed by atoms with E-state index in [1.807, 2.05) is 30.3 Å². The molecule has 2 atom stereocenters. The Morgan fingerprint density at radius 1 is 1.07 bits per heavy atom. The topological polar surface area (TPSA) is 105 Å². The van der Waals surface area contributed by atoms with Crippen molar-refractivity contribution in [1.82, 2.24) is 5.32 Å². The second-order valence-electron chi connectivity index (χ2n) is 10.3. The van der Waals surface area contributed by atoms with Crippen molar-refractivity contribution in [3.8, 4) is 5.75 Å². The molecular formula is C32H31BrClFN4O4. The number of benzene rings is 4. The lowest BCUT2D eigenvalue weighted by Crippen LogP contribution is -2.63. The van der Waals surface area contributed by atoms with Gasteiger partial charge in [0.1, 0.15) is 17.1 Å². The van der Waals surface area contributed by atoms with Gasteiger partial charge in [0.05, 0.1) is 36.5 Å². The zero-order valence-electron chi connectivity index (χ0n) is 23.8. The fraction of sp³-hybridized carbons (Fsp3) is 0.219. The zero-order valence-corrected chi connectivity index (χ0v) is 26.2. The molecule has 4 aromatic rings. The minimum absolute atomic E-state index is 0. The van der Waals surface area contributed by atoms with Gasteiger partial charge in [0.15, 0.2) is 0 Å². The Labute approximate surface area is 263 Å². The van der Waals surface area contributed by atoms with Crippen LogP contribution in [0.25, 0.3) is 10.8 Å². The largest absolute Gasteiger partial charge is 0.496 e. The third-order valence-corrected chi connectivity index (χ3v) is 8.55. The summed E-state index contributed by atoms with van der Waals surface area (Å²) >= 11 is 3.52. The molecule has 5 rings (SSSR count). The second kappa shape index (κ2) is 12.7. The number of halogens is 3. The number of likely N-dealkylation sites (N-methyl/N-ethyl adjacent to an activating group) is 1. The number of primary amides is 1. The predicted molar refractivity (Wildman–Crippen MR) is 171 cm³/mol. The molecule has 11 heteroatoms. The van der Waals surface area contributed by atoms with E-state index in [2.05, 4.69) is 21.2 Å². The van der Waals surface area contributed by atoms with Gasteiger partial charge in [-0.3, -0.25) is 14.4 Å². The normalized spacial score (nSPS) is 16.1. The molecule has 0 fully saturated rings. The molecule has 0 aliphatic carbocycles. The Hall–Kier alpha value is -3.99. The van der Waals surface area contributed by atoms with Gasteiger partial charge in [-0.05, 0) is 67.2 Å². The Morgan fingerprint density at radius 3 is 2.40 bits per heavy atom. The lowest BCUT2D eigenvalue weighted by atomic mass is 9.83. The van der Waals surface area contributed by atoms with Crippen molar-refractivity contribution >= 4 is 68.2 Å². The number of ether oxygens (including phenoxy) is 1. The first kappa shape index (κ1) is 31.9. The van der Waals surface area contributed by atoms with Gasteiger partial charge in [-0.15, -0.1) is 12.4 Å². The van der Waals surface area contributed by atoms with Crippen LogP contribution >= 0.6 is 28.3 Å². The SMILES string of the molecule is CNC(C)(C(N)=O)[C@@H]1CN(C(=O)c2ccccc2F)c2ccccc2N(Cc2c(OC)ccc3cc(Br)ccc23)C1=O.Cl. The van der Waals surface area contributed by atoms with Crippen LogP contribution in [0.5, 0.6) is 5.75 Å². The summed E-state index contributed by atoms with van der Waals surface area (Å²) in [4.78, 5) is 44.3. The Kier molecular flexibility index (Phi) is 9.44. The van der Waals surface area contributed by atoms with Crippen molar-refractivity contribution in [2.45, 2.75) is 19.0 Å². The number of anilines is 2. The van der Waals surface area contributed by atoms with E-state index in [4.69, 9.17) is 10.5 Å². The van der Waals surface area contributed by atoms with Crippen molar-refractivity contribution in [2.24, 2.45) is 11.7 Å². The molecule has 224 valence electrons. The fourth-order valence-corrected chi connectivity index (χ4v) is 5.86. The van der Waals surface area contributed by atoms with Crippen LogP contribution in [-0.4, -0.2) is 44.0 Å². The van der Waals surface area contributed by atoms with Gasteiger partial charge in [-0.1, -0.05) is 52.3 Å². The number of methoxy groups -OCH3 is 1. The van der Waals surface area contributed by atoms with E-state index in [1.54, 1.807) is 42.3 Å². The molecule has 3 amide bonds. The first-order valence-corrected chi connectivity index (χ1v) is 14.1. The number of hydrogen-bond acceptors (Lipinski definition) is 5. The number of amides is 3. The highest BCUT2D eigenvalue weighted by molar-refractivity contribution is 9.10. The van der Waals surface area contributed by atoms with Crippen LogP contribution in [-0.2, 0) is 16.1 Å². The van der Waals surface area contributed by atoms with Crippen LogP contribution in [0.4, 0.5) is 15.8 Å². The highest BCUT2D eigenvalue weighted by Crippen LogP contribution is 2.40. The fourth-order valence-electron chi connectivity index (χ4n) is 5.48.